The summed E-state index contributed by atoms with van der Waals surface area (Å²) < 4.78 is 32.6. The van der Waals surface area contributed by atoms with Gasteiger partial charge in [0.15, 0.2) is 0 Å². The lowest BCUT2D eigenvalue weighted by Crippen LogP contribution is -2.41. The van der Waals surface area contributed by atoms with Gasteiger partial charge in [-0.1, -0.05) is 23.8 Å². The highest BCUT2D eigenvalue weighted by molar-refractivity contribution is 7.89. The molecule has 1 amide bonds. The van der Waals surface area contributed by atoms with Crippen LogP contribution >= 0.6 is 0 Å². The molecule has 1 heterocycles. The number of esters is 1. The summed E-state index contributed by atoms with van der Waals surface area (Å²) in [6.07, 6.45) is 0.872. The number of ether oxygens (including phenoxy) is 1. The minimum absolute atomic E-state index is 0.179. The Morgan fingerprint density at radius 2 is 1.65 bits per heavy atom. The van der Waals surface area contributed by atoms with E-state index in [1.54, 1.807) is 24.3 Å². The zero-order valence-electron chi connectivity index (χ0n) is 18.3. The van der Waals surface area contributed by atoms with Gasteiger partial charge < -0.3 is 10.1 Å². The first-order valence-electron chi connectivity index (χ1n) is 10.2. The number of amides is 1. The topological polar surface area (TPSA) is 92.8 Å². The number of rotatable bonds is 5. The predicted molar refractivity (Wildman–Crippen MR) is 119 cm³/mol. The number of anilines is 1. The summed E-state index contributed by atoms with van der Waals surface area (Å²) in [5, 5.41) is 2.83. The van der Waals surface area contributed by atoms with Crippen molar-refractivity contribution >= 4 is 27.6 Å². The van der Waals surface area contributed by atoms with Gasteiger partial charge in [-0.05, 0) is 62.9 Å². The molecule has 0 atom stereocenters. The predicted octanol–water partition coefficient (Wildman–Crippen LogP) is 3.44. The number of benzene rings is 2. The van der Waals surface area contributed by atoms with Gasteiger partial charge in [0.2, 0.25) is 15.9 Å². The lowest BCUT2D eigenvalue weighted by atomic mass is 9.97. The number of sulfonamides is 1. The van der Waals surface area contributed by atoms with Crippen LogP contribution in [0.15, 0.2) is 41.3 Å². The molecule has 0 bridgehead atoms. The van der Waals surface area contributed by atoms with Gasteiger partial charge >= 0.3 is 5.97 Å². The van der Waals surface area contributed by atoms with Crippen molar-refractivity contribution in [1.29, 1.82) is 0 Å². The number of methoxy groups -OCH3 is 1. The monoisotopic (exact) mass is 444 g/mol. The second kappa shape index (κ2) is 9.20. The smallest absolute Gasteiger partial charge is 0.337 e. The molecule has 0 unspecified atom stereocenters. The maximum Gasteiger partial charge on any atom is 0.337 e. The molecule has 2 aromatic carbocycles. The van der Waals surface area contributed by atoms with Crippen LogP contribution in [0, 0.1) is 26.7 Å². The van der Waals surface area contributed by atoms with Crippen molar-refractivity contribution in [3.63, 3.8) is 0 Å². The number of carbonyl (C=O) groups excluding carboxylic acids is 2. The first-order chi connectivity index (χ1) is 14.6. The number of hydrogen-bond donors (Lipinski definition) is 1. The van der Waals surface area contributed by atoms with Crippen LogP contribution in [-0.4, -0.2) is 44.8 Å². The average Bonchev–Trinajstić information content (AvgIpc) is 2.72. The van der Waals surface area contributed by atoms with Crippen molar-refractivity contribution in [2.24, 2.45) is 5.92 Å². The molecule has 3 rings (SSSR count). The number of nitrogens with one attached hydrogen (secondary N) is 1. The number of aryl methyl sites for hydroxylation is 3. The van der Waals surface area contributed by atoms with Crippen LogP contribution in [0.1, 0.15) is 39.9 Å². The average molecular weight is 445 g/mol. The summed E-state index contributed by atoms with van der Waals surface area (Å²) in [7, 11) is -2.32. The van der Waals surface area contributed by atoms with Crippen molar-refractivity contribution in [2.75, 3.05) is 25.5 Å². The van der Waals surface area contributed by atoms with Gasteiger partial charge in [0, 0.05) is 24.7 Å². The fourth-order valence-electron chi connectivity index (χ4n) is 4.15. The van der Waals surface area contributed by atoms with Crippen molar-refractivity contribution in [3.05, 3.63) is 58.7 Å². The highest BCUT2D eigenvalue weighted by Crippen LogP contribution is 2.29. The zero-order valence-corrected chi connectivity index (χ0v) is 19.1. The minimum Gasteiger partial charge on any atom is -0.465 e. The molecule has 1 saturated heterocycles. The SMILES string of the molecule is COC(=O)c1cccc(NC(=O)C2CCN(S(=O)(=O)c3c(C)cc(C)cc3C)CC2)c1. The normalized spacial score (nSPS) is 15.5. The highest BCUT2D eigenvalue weighted by Gasteiger charge is 2.33. The van der Waals surface area contributed by atoms with Crippen LogP contribution < -0.4 is 5.32 Å². The number of hydrogen-bond acceptors (Lipinski definition) is 5. The van der Waals surface area contributed by atoms with E-state index in [1.165, 1.54) is 11.4 Å². The van der Waals surface area contributed by atoms with Crippen LogP contribution in [0.4, 0.5) is 5.69 Å². The molecule has 8 heteroatoms. The summed E-state index contributed by atoms with van der Waals surface area (Å²) >= 11 is 0. The van der Waals surface area contributed by atoms with E-state index in [0.717, 1.165) is 16.7 Å². The molecular weight excluding hydrogens is 416 g/mol. The molecule has 166 valence electrons. The second-order valence-electron chi connectivity index (χ2n) is 7.97. The molecular formula is C23H28N2O5S. The van der Waals surface area contributed by atoms with Gasteiger partial charge in [-0.2, -0.15) is 4.31 Å². The van der Waals surface area contributed by atoms with Gasteiger partial charge in [0.05, 0.1) is 17.6 Å². The Balaban J connectivity index is 1.67. The molecule has 1 N–H and O–H groups in total. The molecule has 0 spiro atoms. The quantitative estimate of drug-likeness (QED) is 0.713. The Morgan fingerprint density at radius 1 is 1.03 bits per heavy atom. The lowest BCUT2D eigenvalue weighted by molar-refractivity contribution is -0.120. The molecule has 31 heavy (non-hydrogen) atoms. The highest BCUT2D eigenvalue weighted by atomic mass is 32.2. The summed E-state index contributed by atoms with van der Waals surface area (Å²) in [6, 6.07) is 10.3. The number of piperidine rings is 1. The van der Waals surface area contributed by atoms with Crippen molar-refractivity contribution in [2.45, 2.75) is 38.5 Å². The molecule has 0 saturated carbocycles. The Morgan fingerprint density at radius 3 is 2.23 bits per heavy atom. The van der Waals surface area contributed by atoms with Crippen LogP contribution in [0.3, 0.4) is 0 Å². The van der Waals surface area contributed by atoms with Gasteiger partial charge in [-0.25, -0.2) is 13.2 Å². The maximum absolute atomic E-state index is 13.2. The Hall–Kier alpha value is -2.71. The zero-order chi connectivity index (χ0) is 22.8. The van der Waals surface area contributed by atoms with Crippen molar-refractivity contribution < 1.29 is 22.7 Å². The Labute approximate surface area is 183 Å². The van der Waals surface area contributed by atoms with Crippen molar-refractivity contribution in [3.8, 4) is 0 Å². The van der Waals surface area contributed by atoms with Crippen LogP contribution in [0.5, 0.6) is 0 Å². The third-order valence-corrected chi connectivity index (χ3v) is 7.78. The summed E-state index contributed by atoms with van der Waals surface area (Å²) in [5.41, 5.74) is 3.37. The van der Waals surface area contributed by atoms with E-state index in [9.17, 15) is 18.0 Å². The minimum atomic E-state index is -3.62. The van der Waals surface area contributed by atoms with Gasteiger partial charge in [-0.3, -0.25) is 4.79 Å². The van der Waals surface area contributed by atoms with Gasteiger partial charge in [-0.15, -0.1) is 0 Å². The molecule has 0 aliphatic carbocycles. The summed E-state index contributed by atoms with van der Waals surface area (Å²) in [4.78, 5) is 24.7. The summed E-state index contributed by atoms with van der Waals surface area (Å²) in [6.45, 7) is 6.15. The fraction of sp³-hybridized carbons (Fsp3) is 0.391. The second-order valence-corrected chi connectivity index (χ2v) is 9.84. The molecule has 2 aromatic rings. The third kappa shape index (κ3) is 4.97. The fourth-order valence-corrected chi connectivity index (χ4v) is 6.03. The molecule has 1 fully saturated rings. The standard InChI is InChI=1S/C23H28N2O5S/c1-15-12-16(2)21(17(3)13-15)31(28,29)25-10-8-18(9-11-25)22(26)24-20-7-5-6-19(14-20)23(27)30-4/h5-7,12-14,18H,8-11H2,1-4H3,(H,24,26). The Kier molecular flexibility index (Phi) is 6.81. The molecule has 0 radical (unpaired) electrons. The van der Waals surface area contributed by atoms with E-state index < -0.39 is 16.0 Å². The third-order valence-electron chi connectivity index (χ3n) is 5.58. The van der Waals surface area contributed by atoms with E-state index in [1.807, 2.05) is 32.9 Å². The first-order valence-corrected chi connectivity index (χ1v) is 11.6. The van der Waals surface area contributed by atoms with Crippen molar-refractivity contribution in [1.82, 2.24) is 4.31 Å². The van der Waals surface area contributed by atoms with E-state index >= 15 is 0 Å². The molecule has 0 aromatic heterocycles. The van der Waals surface area contributed by atoms with Crippen LogP contribution in [0.2, 0.25) is 0 Å². The van der Waals surface area contributed by atoms with Gasteiger partial charge in [0.25, 0.3) is 0 Å². The number of nitrogens with zero attached hydrogens (tertiary/aromatic N) is 1. The largest absolute Gasteiger partial charge is 0.465 e. The molecule has 1 aliphatic heterocycles. The maximum atomic E-state index is 13.2. The number of carbonyl (C=O) groups is 2. The van der Waals surface area contributed by atoms with E-state index in [4.69, 9.17) is 4.74 Å². The summed E-state index contributed by atoms with van der Waals surface area (Å²) in [5.74, 6) is -0.952. The lowest BCUT2D eigenvalue weighted by Gasteiger charge is -2.31. The molecule has 1 aliphatic rings. The van der Waals surface area contributed by atoms with Crippen LogP contribution in [-0.2, 0) is 19.6 Å². The van der Waals surface area contributed by atoms with E-state index in [-0.39, 0.29) is 24.9 Å². The van der Waals surface area contributed by atoms with E-state index in [2.05, 4.69) is 5.32 Å². The van der Waals surface area contributed by atoms with E-state index in [0.29, 0.717) is 29.0 Å². The Bertz CT molecular complexity index is 1080. The van der Waals surface area contributed by atoms with Crippen LogP contribution in [0.25, 0.3) is 0 Å². The van der Waals surface area contributed by atoms with Gasteiger partial charge in [0.1, 0.15) is 0 Å². The molecule has 7 nitrogen and oxygen atoms in total. The first kappa shape index (κ1) is 23.0.